The van der Waals surface area contributed by atoms with Crippen molar-refractivity contribution in [2.45, 2.75) is 37.1 Å². The van der Waals surface area contributed by atoms with Crippen molar-refractivity contribution >= 4 is 11.8 Å². The fourth-order valence-electron chi connectivity index (χ4n) is 3.67. The highest BCUT2D eigenvalue weighted by Crippen LogP contribution is 2.58. The Balaban J connectivity index is 2.14. The maximum atomic E-state index is 12.2. The van der Waals surface area contributed by atoms with Crippen LogP contribution < -0.4 is 0 Å². The van der Waals surface area contributed by atoms with E-state index >= 15 is 0 Å². The van der Waals surface area contributed by atoms with Crippen molar-refractivity contribution in [3.05, 3.63) is 12.7 Å². The molecule has 2 bridgehead atoms. The molecule has 0 spiro atoms. The molecule has 0 aromatic heterocycles. The molecule has 0 saturated carbocycles. The standard InChI is InChI=1S/C13H16O5/c1-3-13-10-6-8(14)9(18-13)7-12(13,4-5-17-10)11(15)16-2/h3,9-10H,1,4-7H2,2H3/t9-,10+,12-,13-/m1/s1. The summed E-state index contributed by atoms with van der Waals surface area (Å²) < 4.78 is 16.4. The number of ketones is 1. The highest BCUT2D eigenvalue weighted by atomic mass is 16.6. The van der Waals surface area contributed by atoms with Gasteiger partial charge in [-0.1, -0.05) is 6.08 Å². The monoisotopic (exact) mass is 252 g/mol. The van der Waals surface area contributed by atoms with Gasteiger partial charge in [0.2, 0.25) is 0 Å². The van der Waals surface area contributed by atoms with E-state index in [-0.39, 0.29) is 18.2 Å². The molecule has 3 saturated heterocycles. The van der Waals surface area contributed by atoms with Gasteiger partial charge in [0.05, 0.1) is 13.2 Å². The summed E-state index contributed by atoms with van der Waals surface area (Å²) in [6, 6.07) is 0. The first-order valence-corrected chi connectivity index (χ1v) is 6.14. The van der Waals surface area contributed by atoms with Crippen LogP contribution in [0.3, 0.4) is 0 Å². The number of esters is 1. The molecule has 0 N–H and O–H groups in total. The lowest BCUT2D eigenvalue weighted by atomic mass is 9.65. The smallest absolute Gasteiger partial charge is 0.315 e. The molecule has 5 nitrogen and oxygen atoms in total. The first-order chi connectivity index (χ1) is 8.59. The van der Waals surface area contributed by atoms with E-state index in [1.165, 1.54) is 7.11 Å². The van der Waals surface area contributed by atoms with E-state index in [0.29, 0.717) is 19.4 Å². The lowest BCUT2D eigenvalue weighted by Gasteiger charge is -2.49. The molecular weight excluding hydrogens is 236 g/mol. The molecule has 0 aromatic carbocycles. The van der Waals surface area contributed by atoms with E-state index in [2.05, 4.69) is 6.58 Å². The van der Waals surface area contributed by atoms with Crippen LogP contribution in [0, 0.1) is 5.41 Å². The zero-order valence-electron chi connectivity index (χ0n) is 10.3. The van der Waals surface area contributed by atoms with Gasteiger partial charge in [0.1, 0.15) is 17.1 Å². The maximum absolute atomic E-state index is 12.2. The van der Waals surface area contributed by atoms with Gasteiger partial charge in [-0.15, -0.1) is 6.58 Å². The van der Waals surface area contributed by atoms with E-state index in [0.717, 1.165) is 0 Å². The van der Waals surface area contributed by atoms with E-state index in [9.17, 15) is 9.59 Å². The minimum atomic E-state index is -0.906. The number of hydrogen-bond acceptors (Lipinski definition) is 5. The summed E-state index contributed by atoms with van der Waals surface area (Å²) >= 11 is 0. The average molecular weight is 252 g/mol. The summed E-state index contributed by atoms with van der Waals surface area (Å²) in [6.07, 6.45) is 1.85. The summed E-state index contributed by atoms with van der Waals surface area (Å²) in [5.74, 6) is -0.321. The van der Waals surface area contributed by atoms with Crippen molar-refractivity contribution in [2.24, 2.45) is 5.41 Å². The molecule has 5 heteroatoms. The van der Waals surface area contributed by atoms with Crippen LogP contribution in [0.2, 0.25) is 0 Å². The molecule has 98 valence electrons. The summed E-state index contributed by atoms with van der Waals surface area (Å²) in [6.45, 7) is 4.24. The number of carbonyl (C=O) groups excluding carboxylic acids is 2. The van der Waals surface area contributed by atoms with Crippen LogP contribution in [0.4, 0.5) is 0 Å². The van der Waals surface area contributed by atoms with Crippen molar-refractivity contribution < 1.29 is 23.8 Å². The van der Waals surface area contributed by atoms with Gasteiger partial charge < -0.3 is 14.2 Å². The molecule has 0 aliphatic carbocycles. The van der Waals surface area contributed by atoms with E-state index < -0.39 is 23.2 Å². The normalized spacial score (nSPS) is 45.7. The van der Waals surface area contributed by atoms with Gasteiger partial charge >= 0.3 is 5.97 Å². The number of hydrogen-bond donors (Lipinski definition) is 0. The quantitative estimate of drug-likeness (QED) is 0.532. The van der Waals surface area contributed by atoms with Crippen molar-refractivity contribution in [3.8, 4) is 0 Å². The predicted molar refractivity (Wildman–Crippen MR) is 60.8 cm³/mol. The van der Waals surface area contributed by atoms with Gasteiger partial charge in [0.15, 0.2) is 5.78 Å². The number of ether oxygens (including phenoxy) is 3. The molecule has 0 amide bonds. The summed E-state index contributed by atoms with van der Waals surface area (Å²) in [5, 5.41) is 0. The van der Waals surface area contributed by atoms with Crippen molar-refractivity contribution in [1.82, 2.24) is 0 Å². The number of Topliss-reactive ketones (excluding diaryl/α,β-unsaturated/α-hetero) is 1. The van der Waals surface area contributed by atoms with E-state index in [1.54, 1.807) is 6.08 Å². The largest absolute Gasteiger partial charge is 0.468 e. The molecule has 3 aliphatic heterocycles. The molecule has 3 aliphatic rings. The number of carbonyl (C=O) groups is 2. The Labute approximate surface area is 105 Å². The third kappa shape index (κ3) is 1.14. The Morgan fingerprint density at radius 1 is 1.61 bits per heavy atom. The lowest BCUT2D eigenvalue weighted by molar-refractivity contribution is -0.215. The molecular formula is C13H16O5. The van der Waals surface area contributed by atoms with Crippen LogP contribution >= 0.6 is 0 Å². The van der Waals surface area contributed by atoms with Gasteiger partial charge in [0.25, 0.3) is 0 Å². The molecule has 0 unspecified atom stereocenters. The Bertz CT molecular complexity index is 431. The number of fused-ring (bicyclic) bond motifs is 1. The molecule has 18 heavy (non-hydrogen) atoms. The van der Waals surface area contributed by atoms with Gasteiger partial charge in [0, 0.05) is 19.4 Å². The highest BCUT2D eigenvalue weighted by Gasteiger charge is 2.71. The summed E-state index contributed by atoms with van der Waals surface area (Å²) in [5.41, 5.74) is -1.72. The minimum Gasteiger partial charge on any atom is -0.468 e. The minimum absolute atomic E-state index is 0.00477. The van der Waals surface area contributed by atoms with Crippen molar-refractivity contribution in [3.63, 3.8) is 0 Å². The first-order valence-electron chi connectivity index (χ1n) is 6.14. The van der Waals surface area contributed by atoms with Gasteiger partial charge in [-0.05, 0) is 6.42 Å². The van der Waals surface area contributed by atoms with Gasteiger partial charge in [-0.2, -0.15) is 0 Å². The Kier molecular flexibility index (Phi) is 2.40. The molecule has 3 fully saturated rings. The zero-order chi connectivity index (χ0) is 13.0. The summed E-state index contributed by atoms with van der Waals surface area (Å²) in [4.78, 5) is 24.2. The molecule has 3 rings (SSSR count). The van der Waals surface area contributed by atoms with Crippen molar-refractivity contribution in [2.75, 3.05) is 13.7 Å². The van der Waals surface area contributed by atoms with Gasteiger partial charge in [-0.3, -0.25) is 9.59 Å². The zero-order valence-corrected chi connectivity index (χ0v) is 10.3. The highest BCUT2D eigenvalue weighted by molar-refractivity contribution is 5.90. The van der Waals surface area contributed by atoms with Crippen LogP contribution in [-0.4, -0.2) is 43.3 Å². The molecule has 3 heterocycles. The van der Waals surface area contributed by atoms with Crippen LogP contribution in [0.5, 0.6) is 0 Å². The SMILES string of the molecule is C=C[C@]12O[C@@H]3C[C@@]1(C(=O)OC)CCO[C@H]2CC3=O. The van der Waals surface area contributed by atoms with Crippen molar-refractivity contribution in [1.29, 1.82) is 0 Å². The lowest BCUT2D eigenvalue weighted by Crippen LogP contribution is -2.62. The Hall–Kier alpha value is -1.20. The van der Waals surface area contributed by atoms with Crippen LogP contribution in [0.15, 0.2) is 12.7 Å². The fourth-order valence-corrected chi connectivity index (χ4v) is 3.67. The van der Waals surface area contributed by atoms with Crippen LogP contribution in [0.25, 0.3) is 0 Å². The second-order valence-electron chi connectivity index (χ2n) is 5.16. The number of methoxy groups -OCH3 is 1. The van der Waals surface area contributed by atoms with E-state index in [1.807, 2.05) is 0 Å². The average Bonchev–Trinajstić information content (AvgIpc) is 2.74. The molecule has 0 radical (unpaired) electrons. The second kappa shape index (κ2) is 3.65. The Morgan fingerprint density at radius 2 is 2.39 bits per heavy atom. The third-order valence-corrected chi connectivity index (χ3v) is 4.57. The van der Waals surface area contributed by atoms with Crippen LogP contribution in [-0.2, 0) is 23.8 Å². The predicted octanol–water partition coefficient (Wildman–Crippen LogP) is 0.621. The number of rotatable bonds is 2. The van der Waals surface area contributed by atoms with E-state index in [4.69, 9.17) is 14.2 Å². The molecule has 4 atom stereocenters. The fraction of sp³-hybridized carbons (Fsp3) is 0.692. The molecule has 0 aromatic rings. The summed E-state index contributed by atoms with van der Waals surface area (Å²) in [7, 11) is 1.36. The topological polar surface area (TPSA) is 61.8 Å². The maximum Gasteiger partial charge on any atom is 0.315 e. The van der Waals surface area contributed by atoms with Gasteiger partial charge in [-0.25, -0.2) is 0 Å². The third-order valence-electron chi connectivity index (χ3n) is 4.57. The second-order valence-corrected chi connectivity index (χ2v) is 5.16. The first kappa shape index (κ1) is 11.9. The van der Waals surface area contributed by atoms with Crippen LogP contribution in [0.1, 0.15) is 19.3 Å². The Morgan fingerprint density at radius 3 is 3.06 bits per heavy atom.